The third-order valence-corrected chi connectivity index (χ3v) is 4.23. The Balaban J connectivity index is 1.94. The molecule has 9 heteroatoms. The Kier molecular flexibility index (Phi) is 8.34. The van der Waals surface area contributed by atoms with Crippen molar-refractivity contribution in [3.63, 3.8) is 0 Å². The van der Waals surface area contributed by atoms with E-state index in [9.17, 15) is 9.59 Å². The summed E-state index contributed by atoms with van der Waals surface area (Å²) in [6, 6.07) is 9.67. The Morgan fingerprint density at radius 2 is 1.67 bits per heavy atom. The number of anilines is 1. The first kappa shape index (κ1) is 23.8. The van der Waals surface area contributed by atoms with E-state index in [-0.39, 0.29) is 41.1 Å². The molecule has 0 heterocycles. The van der Waals surface area contributed by atoms with E-state index in [1.807, 2.05) is 0 Å². The van der Waals surface area contributed by atoms with Crippen LogP contribution < -0.4 is 15.4 Å². The molecule has 0 spiro atoms. The lowest BCUT2D eigenvalue weighted by Crippen LogP contribution is -2.34. The van der Waals surface area contributed by atoms with Crippen molar-refractivity contribution >= 4 is 40.9 Å². The number of aliphatic hydroxyl groups is 1. The second-order valence-corrected chi connectivity index (χ2v) is 8.17. The number of amides is 2. The number of hydrogen-bond donors (Lipinski definition) is 3. The maximum Gasteiger partial charge on any atom is 0.407 e. The van der Waals surface area contributed by atoms with Crippen LogP contribution in [-0.4, -0.2) is 35.9 Å². The van der Waals surface area contributed by atoms with Crippen LogP contribution in [0.3, 0.4) is 0 Å². The molecule has 0 bridgehead atoms. The quantitative estimate of drug-likeness (QED) is 0.529. The van der Waals surface area contributed by atoms with Crippen LogP contribution in [0.25, 0.3) is 0 Å². The van der Waals surface area contributed by atoms with Gasteiger partial charge in [-0.25, -0.2) is 4.79 Å². The largest absolute Gasteiger partial charge is 0.489 e. The molecule has 0 aliphatic carbocycles. The number of halogens is 2. The summed E-state index contributed by atoms with van der Waals surface area (Å²) in [5.74, 6) is -0.179. The predicted molar refractivity (Wildman–Crippen MR) is 117 cm³/mol. The molecule has 2 aromatic carbocycles. The number of alkyl carbamates (subject to hydrolysis) is 1. The zero-order valence-corrected chi connectivity index (χ0v) is 18.4. The molecule has 0 fully saturated rings. The standard InChI is InChI=1S/C21H24Cl2N2O5/c1-21(2,3)30-20(28)24-8-9-29-18-16(22)10-14(11-17(18)23)19(27)25-15-6-4-13(12-26)5-7-15/h4-7,10-11,26H,8-9,12H2,1-3H3,(H,24,28)(H,25,27). The number of benzene rings is 2. The molecule has 0 aliphatic rings. The normalized spacial score (nSPS) is 11.0. The fourth-order valence-corrected chi connectivity index (χ4v) is 2.94. The summed E-state index contributed by atoms with van der Waals surface area (Å²) in [6.07, 6.45) is -0.553. The van der Waals surface area contributed by atoms with Crippen molar-refractivity contribution in [1.82, 2.24) is 5.32 Å². The van der Waals surface area contributed by atoms with Gasteiger partial charge in [0.15, 0.2) is 5.75 Å². The van der Waals surface area contributed by atoms with Gasteiger partial charge in [-0.3, -0.25) is 4.79 Å². The van der Waals surface area contributed by atoms with E-state index in [1.54, 1.807) is 45.0 Å². The number of aliphatic hydroxyl groups excluding tert-OH is 1. The summed E-state index contributed by atoms with van der Waals surface area (Å²) in [7, 11) is 0. The van der Waals surface area contributed by atoms with Crippen molar-refractivity contribution in [2.24, 2.45) is 0 Å². The van der Waals surface area contributed by atoms with E-state index in [2.05, 4.69) is 10.6 Å². The molecular weight excluding hydrogens is 431 g/mol. The summed E-state index contributed by atoms with van der Waals surface area (Å²) >= 11 is 12.4. The van der Waals surface area contributed by atoms with Crippen LogP contribution in [0.15, 0.2) is 36.4 Å². The number of ether oxygens (including phenoxy) is 2. The topological polar surface area (TPSA) is 96.9 Å². The Hall–Kier alpha value is -2.48. The van der Waals surface area contributed by atoms with Gasteiger partial charge in [0, 0.05) is 11.3 Å². The zero-order valence-electron chi connectivity index (χ0n) is 16.9. The highest BCUT2D eigenvalue weighted by Crippen LogP contribution is 2.34. The minimum absolute atomic E-state index is 0.0752. The van der Waals surface area contributed by atoms with Gasteiger partial charge in [0.2, 0.25) is 0 Å². The Morgan fingerprint density at radius 3 is 2.20 bits per heavy atom. The van der Waals surface area contributed by atoms with Crippen molar-refractivity contribution < 1.29 is 24.2 Å². The van der Waals surface area contributed by atoms with Crippen molar-refractivity contribution in [2.75, 3.05) is 18.5 Å². The molecule has 3 N–H and O–H groups in total. The average Bonchev–Trinajstić information content (AvgIpc) is 2.65. The van der Waals surface area contributed by atoms with Gasteiger partial charge in [-0.1, -0.05) is 35.3 Å². The zero-order chi connectivity index (χ0) is 22.3. The average molecular weight is 455 g/mol. The fraction of sp³-hybridized carbons (Fsp3) is 0.333. The van der Waals surface area contributed by atoms with Crippen LogP contribution in [0.1, 0.15) is 36.7 Å². The van der Waals surface area contributed by atoms with Gasteiger partial charge < -0.3 is 25.2 Å². The monoisotopic (exact) mass is 454 g/mol. The lowest BCUT2D eigenvalue weighted by molar-refractivity contribution is 0.0520. The van der Waals surface area contributed by atoms with Gasteiger partial charge in [0.1, 0.15) is 12.2 Å². The molecule has 0 aliphatic heterocycles. The third kappa shape index (κ3) is 7.40. The molecule has 2 aromatic rings. The second-order valence-electron chi connectivity index (χ2n) is 7.36. The Labute approximate surface area is 185 Å². The highest BCUT2D eigenvalue weighted by Gasteiger charge is 2.17. The highest BCUT2D eigenvalue weighted by atomic mass is 35.5. The van der Waals surface area contributed by atoms with E-state index in [0.29, 0.717) is 5.69 Å². The molecule has 0 radical (unpaired) electrons. The van der Waals surface area contributed by atoms with Crippen molar-refractivity contribution in [2.45, 2.75) is 33.0 Å². The Morgan fingerprint density at radius 1 is 1.07 bits per heavy atom. The molecule has 0 atom stereocenters. The molecule has 0 aromatic heterocycles. The van der Waals surface area contributed by atoms with Crippen molar-refractivity contribution in [3.05, 3.63) is 57.6 Å². The summed E-state index contributed by atoms with van der Waals surface area (Å²) in [5.41, 5.74) is 0.977. The Bertz CT molecular complexity index is 872. The number of carbonyl (C=O) groups is 2. The number of rotatable bonds is 7. The first-order valence-corrected chi connectivity index (χ1v) is 9.94. The van der Waals surface area contributed by atoms with E-state index >= 15 is 0 Å². The van der Waals surface area contributed by atoms with Crippen LogP contribution in [-0.2, 0) is 11.3 Å². The van der Waals surface area contributed by atoms with E-state index in [0.717, 1.165) is 5.56 Å². The molecule has 30 heavy (non-hydrogen) atoms. The van der Waals surface area contributed by atoms with E-state index < -0.39 is 17.6 Å². The van der Waals surface area contributed by atoms with Gasteiger partial charge in [-0.15, -0.1) is 0 Å². The molecule has 7 nitrogen and oxygen atoms in total. The predicted octanol–water partition coefficient (Wildman–Crippen LogP) is 4.64. The number of hydrogen-bond acceptors (Lipinski definition) is 5. The smallest absolute Gasteiger partial charge is 0.407 e. The minimum atomic E-state index is -0.588. The lowest BCUT2D eigenvalue weighted by atomic mass is 10.1. The van der Waals surface area contributed by atoms with E-state index in [4.69, 9.17) is 37.8 Å². The molecule has 2 amide bonds. The van der Waals surface area contributed by atoms with Crippen molar-refractivity contribution in [3.8, 4) is 5.75 Å². The van der Waals surface area contributed by atoms with Crippen molar-refractivity contribution in [1.29, 1.82) is 0 Å². The summed E-state index contributed by atoms with van der Waals surface area (Å²) < 4.78 is 10.7. The molecule has 0 unspecified atom stereocenters. The molecule has 162 valence electrons. The lowest BCUT2D eigenvalue weighted by Gasteiger charge is -2.19. The van der Waals surface area contributed by atoms with Crippen LogP contribution in [0.4, 0.5) is 10.5 Å². The van der Waals surface area contributed by atoms with Crippen LogP contribution in [0.2, 0.25) is 10.0 Å². The molecule has 0 saturated heterocycles. The van der Waals surface area contributed by atoms with Gasteiger partial charge in [-0.2, -0.15) is 0 Å². The first-order valence-electron chi connectivity index (χ1n) is 9.19. The number of nitrogens with one attached hydrogen (secondary N) is 2. The maximum atomic E-state index is 12.5. The molecular formula is C21H24Cl2N2O5. The van der Waals surface area contributed by atoms with Crippen LogP contribution >= 0.6 is 23.2 Å². The van der Waals surface area contributed by atoms with E-state index in [1.165, 1.54) is 12.1 Å². The minimum Gasteiger partial charge on any atom is -0.489 e. The molecule has 2 rings (SSSR count). The fourth-order valence-electron chi connectivity index (χ4n) is 2.35. The highest BCUT2D eigenvalue weighted by molar-refractivity contribution is 6.37. The van der Waals surface area contributed by atoms with Gasteiger partial charge in [0.25, 0.3) is 5.91 Å². The summed E-state index contributed by atoms with van der Waals surface area (Å²) in [5, 5.41) is 14.7. The second kappa shape index (κ2) is 10.5. The number of carbonyl (C=O) groups excluding carboxylic acids is 2. The van der Waals surface area contributed by atoms with Gasteiger partial charge in [-0.05, 0) is 50.6 Å². The van der Waals surface area contributed by atoms with Gasteiger partial charge >= 0.3 is 6.09 Å². The molecule has 0 saturated carbocycles. The first-order chi connectivity index (χ1) is 14.1. The maximum absolute atomic E-state index is 12.5. The summed E-state index contributed by atoms with van der Waals surface area (Å²) in [4.78, 5) is 24.1. The van der Waals surface area contributed by atoms with Crippen LogP contribution in [0.5, 0.6) is 5.75 Å². The third-order valence-electron chi connectivity index (χ3n) is 3.67. The SMILES string of the molecule is CC(C)(C)OC(=O)NCCOc1c(Cl)cc(C(=O)Nc2ccc(CO)cc2)cc1Cl. The van der Waals surface area contributed by atoms with Crippen LogP contribution in [0, 0.1) is 0 Å². The van der Waals surface area contributed by atoms with Gasteiger partial charge in [0.05, 0.1) is 23.2 Å². The summed E-state index contributed by atoms with van der Waals surface area (Å²) in [6.45, 7) is 5.53.